The van der Waals surface area contributed by atoms with Gasteiger partial charge < -0.3 is 4.90 Å². The summed E-state index contributed by atoms with van der Waals surface area (Å²) in [4.78, 5) is 14.0. The van der Waals surface area contributed by atoms with Crippen LogP contribution < -0.4 is 4.90 Å². The van der Waals surface area contributed by atoms with Crippen molar-refractivity contribution in [3.05, 3.63) is 48.7 Å². The van der Waals surface area contributed by atoms with Gasteiger partial charge in [-0.15, -0.1) is 0 Å². The molecule has 8 heteroatoms. The molecule has 1 aliphatic heterocycles. The van der Waals surface area contributed by atoms with Gasteiger partial charge in [-0.25, -0.2) is 23.3 Å². The molecule has 0 aromatic carbocycles. The molecule has 3 aromatic heterocycles. The predicted octanol–water partition coefficient (Wildman–Crippen LogP) is 4.41. The van der Waals surface area contributed by atoms with Gasteiger partial charge in [0, 0.05) is 25.5 Å². The predicted molar refractivity (Wildman–Crippen MR) is 102 cm³/mol. The van der Waals surface area contributed by atoms with Gasteiger partial charge in [0.1, 0.15) is 17.8 Å². The van der Waals surface area contributed by atoms with Crippen molar-refractivity contribution in [1.29, 1.82) is 0 Å². The van der Waals surface area contributed by atoms with E-state index in [9.17, 15) is 8.78 Å². The molecule has 1 aliphatic rings. The molecule has 0 N–H and O–H groups in total. The molecule has 146 valence electrons. The van der Waals surface area contributed by atoms with E-state index < -0.39 is 6.43 Å². The molecular formula is C19H26F2N6. The summed E-state index contributed by atoms with van der Waals surface area (Å²) in [7, 11) is 0. The van der Waals surface area contributed by atoms with Gasteiger partial charge in [-0.05, 0) is 37.0 Å². The van der Waals surface area contributed by atoms with E-state index in [0.29, 0.717) is 0 Å². The van der Waals surface area contributed by atoms with E-state index in [2.05, 4.69) is 44.0 Å². The Bertz CT molecular complexity index is 785. The zero-order valence-electron chi connectivity index (χ0n) is 16.0. The van der Waals surface area contributed by atoms with Gasteiger partial charge in [-0.2, -0.15) is 10.1 Å². The first-order valence-electron chi connectivity index (χ1n) is 9.24. The van der Waals surface area contributed by atoms with Gasteiger partial charge in [0.05, 0.1) is 0 Å². The van der Waals surface area contributed by atoms with E-state index in [1.807, 2.05) is 26.1 Å². The first-order chi connectivity index (χ1) is 13.1. The smallest absolute Gasteiger partial charge is 0.280 e. The summed E-state index contributed by atoms with van der Waals surface area (Å²) in [6.07, 6.45) is 4.57. The molecule has 4 heterocycles. The Morgan fingerprint density at radius 3 is 2.44 bits per heavy atom. The monoisotopic (exact) mass is 376 g/mol. The van der Waals surface area contributed by atoms with Crippen LogP contribution in [0, 0.1) is 5.92 Å². The Labute approximate surface area is 158 Å². The molecule has 4 rings (SSSR count). The van der Waals surface area contributed by atoms with E-state index in [1.165, 1.54) is 35.9 Å². The van der Waals surface area contributed by atoms with Crippen molar-refractivity contribution in [2.75, 3.05) is 18.0 Å². The first-order valence-corrected chi connectivity index (χ1v) is 9.24. The zero-order chi connectivity index (χ0) is 19.6. The first kappa shape index (κ1) is 20.7. The standard InChI is InChI=1S/C11H16N2.C6H4F2N4.C2H6/c1-10-5-8-13(9-6-10)11-4-2-3-7-12-11;7-5(8)4-1-2-12-6(11-4)9-3-10-12;1-2/h2-4,7,10H,5-6,8-9H2,1H3;1-3,5H;1-2H3. The topological polar surface area (TPSA) is 59.2 Å². The minimum atomic E-state index is -2.56. The maximum absolute atomic E-state index is 12.1. The maximum Gasteiger partial charge on any atom is 0.280 e. The lowest BCUT2D eigenvalue weighted by molar-refractivity contribution is 0.146. The van der Waals surface area contributed by atoms with E-state index in [1.54, 1.807) is 0 Å². The molecule has 27 heavy (non-hydrogen) atoms. The highest BCUT2D eigenvalue weighted by Gasteiger charge is 2.16. The van der Waals surface area contributed by atoms with Crippen LogP contribution in [-0.2, 0) is 0 Å². The highest BCUT2D eigenvalue weighted by Crippen LogP contribution is 2.20. The number of hydrogen-bond acceptors (Lipinski definition) is 5. The third-order valence-electron chi connectivity index (χ3n) is 4.15. The summed E-state index contributed by atoms with van der Waals surface area (Å²) >= 11 is 0. The van der Waals surface area contributed by atoms with E-state index in [-0.39, 0.29) is 11.5 Å². The molecule has 0 bridgehead atoms. The van der Waals surface area contributed by atoms with Crippen LogP contribution in [0.3, 0.4) is 0 Å². The summed E-state index contributed by atoms with van der Waals surface area (Å²) in [5.74, 6) is 2.21. The Kier molecular flexibility index (Phi) is 8.03. The van der Waals surface area contributed by atoms with E-state index in [4.69, 9.17) is 0 Å². The minimum Gasteiger partial charge on any atom is -0.357 e. The number of anilines is 1. The number of pyridine rings is 1. The summed E-state index contributed by atoms with van der Waals surface area (Å²) in [6, 6.07) is 7.33. The number of rotatable bonds is 2. The Morgan fingerprint density at radius 1 is 1.07 bits per heavy atom. The molecule has 1 fully saturated rings. The van der Waals surface area contributed by atoms with Crippen LogP contribution >= 0.6 is 0 Å². The largest absolute Gasteiger partial charge is 0.357 e. The molecule has 3 aromatic rings. The van der Waals surface area contributed by atoms with Crippen molar-refractivity contribution < 1.29 is 8.78 Å². The van der Waals surface area contributed by atoms with Crippen molar-refractivity contribution >= 4 is 11.6 Å². The van der Waals surface area contributed by atoms with Gasteiger partial charge in [0.25, 0.3) is 12.2 Å². The Balaban J connectivity index is 0.000000178. The second kappa shape index (κ2) is 10.5. The Hall–Kier alpha value is -2.64. The average Bonchev–Trinajstić information content (AvgIpc) is 3.19. The summed E-state index contributed by atoms with van der Waals surface area (Å²) in [5, 5.41) is 3.72. The molecule has 1 saturated heterocycles. The molecule has 0 unspecified atom stereocenters. The van der Waals surface area contributed by atoms with E-state index in [0.717, 1.165) is 24.8 Å². The van der Waals surface area contributed by atoms with Crippen molar-refractivity contribution in [2.24, 2.45) is 5.92 Å². The molecule has 0 amide bonds. The molecule has 0 atom stereocenters. The van der Waals surface area contributed by atoms with Crippen molar-refractivity contribution in [2.45, 2.75) is 40.0 Å². The van der Waals surface area contributed by atoms with Crippen LogP contribution in [-0.4, -0.2) is 37.7 Å². The van der Waals surface area contributed by atoms with E-state index >= 15 is 0 Å². The summed E-state index contributed by atoms with van der Waals surface area (Å²) < 4.78 is 25.5. The van der Waals surface area contributed by atoms with Gasteiger partial charge >= 0.3 is 0 Å². The lowest BCUT2D eigenvalue weighted by atomic mass is 9.99. The molecule has 0 saturated carbocycles. The number of fused-ring (bicyclic) bond motifs is 1. The molecule has 0 radical (unpaired) electrons. The maximum atomic E-state index is 12.1. The van der Waals surface area contributed by atoms with Crippen molar-refractivity contribution in [3.8, 4) is 0 Å². The van der Waals surface area contributed by atoms with Gasteiger partial charge in [-0.1, -0.05) is 26.8 Å². The number of aromatic nitrogens is 5. The normalized spacial score (nSPS) is 14.4. The van der Waals surface area contributed by atoms with Crippen LogP contribution in [0.4, 0.5) is 14.6 Å². The van der Waals surface area contributed by atoms with Crippen LogP contribution in [0.2, 0.25) is 0 Å². The quantitative estimate of drug-likeness (QED) is 0.663. The Morgan fingerprint density at radius 2 is 1.81 bits per heavy atom. The number of nitrogens with zero attached hydrogens (tertiary/aromatic N) is 6. The van der Waals surface area contributed by atoms with Gasteiger partial charge in [-0.3, -0.25) is 0 Å². The van der Waals surface area contributed by atoms with Crippen molar-refractivity contribution in [1.82, 2.24) is 24.6 Å². The number of halogens is 2. The van der Waals surface area contributed by atoms with Crippen LogP contribution in [0.5, 0.6) is 0 Å². The fourth-order valence-corrected chi connectivity index (χ4v) is 2.63. The van der Waals surface area contributed by atoms with Crippen LogP contribution in [0.25, 0.3) is 5.78 Å². The number of hydrogen-bond donors (Lipinski definition) is 0. The number of piperidine rings is 1. The second-order valence-electron chi connectivity index (χ2n) is 6.02. The SMILES string of the molecule is CC.CC1CCN(c2ccccn2)CC1.FC(F)c1ccn2ncnc2n1. The minimum absolute atomic E-state index is 0.188. The highest BCUT2D eigenvalue weighted by atomic mass is 19.3. The average molecular weight is 376 g/mol. The zero-order valence-corrected chi connectivity index (χ0v) is 16.0. The number of alkyl halides is 2. The lowest BCUT2D eigenvalue weighted by Crippen LogP contribution is -2.33. The molecule has 6 nitrogen and oxygen atoms in total. The third kappa shape index (κ3) is 5.94. The van der Waals surface area contributed by atoms with Gasteiger partial charge in [0.15, 0.2) is 0 Å². The van der Waals surface area contributed by atoms with Crippen molar-refractivity contribution in [3.63, 3.8) is 0 Å². The molecular weight excluding hydrogens is 350 g/mol. The highest BCUT2D eigenvalue weighted by molar-refractivity contribution is 5.37. The van der Waals surface area contributed by atoms with Crippen LogP contribution in [0.1, 0.15) is 45.7 Å². The molecule has 0 spiro atoms. The fraction of sp³-hybridized carbons (Fsp3) is 0.474. The summed E-state index contributed by atoms with van der Waals surface area (Å²) in [5.41, 5.74) is -0.282. The lowest BCUT2D eigenvalue weighted by Gasteiger charge is -2.31. The third-order valence-corrected chi connectivity index (χ3v) is 4.15. The molecule has 0 aliphatic carbocycles. The fourth-order valence-electron chi connectivity index (χ4n) is 2.63. The van der Waals surface area contributed by atoms with Gasteiger partial charge in [0.2, 0.25) is 0 Å². The second-order valence-corrected chi connectivity index (χ2v) is 6.02. The summed E-state index contributed by atoms with van der Waals surface area (Å²) in [6.45, 7) is 8.66. The van der Waals surface area contributed by atoms with Crippen LogP contribution in [0.15, 0.2) is 43.0 Å².